The Bertz CT molecular complexity index is 1120. The van der Waals surface area contributed by atoms with Gasteiger partial charge in [0.05, 0.1) is 29.8 Å². The number of rotatable bonds is 8. The first-order valence-electron chi connectivity index (χ1n) is 17.7. The molecule has 7 rings (SSSR count). The van der Waals surface area contributed by atoms with Gasteiger partial charge in [0, 0.05) is 31.6 Å². The smallest absolute Gasteiger partial charge is 0.315 e. The number of likely N-dealkylation sites (tertiary alicyclic amines) is 1. The number of morpholine rings is 1. The van der Waals surface area contributed by atoms with Gasteiger partial charge >= 0.3 is 5.97 Å². The molecule has 3 saturated carbocycles. The van der Waals surface area contributed by atoms with Crippen LogP contribution in [0.3, 0.4) is 0 Å². The zero-order valence-corrected chi connectivity index (χ0v) is 27.3. The van der Waals surface area contributed by atoms with Gasteiger partial charge in [-0.05, 0) is 107 Å². The molecule has 6 fully saturated rings. The summed E-state index contributed by atoms with van der Waals surface area (Å²) in [5.74, 6) is 1.36. The Kier molecular flexibility index (Phi) is 7.71. The number of fused-ring (bicyclic) bond motifs is 2. The molecule has 1 N–H and O–H groups in total. The van der Waals surface area contributed by atoms with Crippen molar-refractivity contribution in [2.75, 3.05) is 39.3 Å². The van der Waals surface area contributed by atoms with Crippen LogP contribution in [0.25, 0.3) is 0 Å². The van der Waals surface area contributed by atoms with E-state index < -0.39 is 22.2 Å². The highest BCUT2D eigenvalue weighted by Gasteiger charge is 2.86. The molecular formula is C36H56N2O5. The van der Waals surface area contributed by atoms with Crippen LogP contribution in [-0.2, 0) is 19.1 Å². The van der Waals surface area contributed by atoms with Gasteiger partial charge < -0.3 is 24.3 Å². The second kappa shape index (κ2) is 10.9. The average Bonchev–Trinajstić information content (AvgIpc) is 3.69. The molecule has 0 aromatic carbocycles. The molecule has 7 aliphatic rings. The van der Waals surface area contributed by atoms with E-state index in [2.05, 4.69) is 50.5 Å². The molecule has 240 valence electrons. The Labute approximate surface area is 259 Å². The van der Waals surface area contributed by atoms with Gasteiger partial charge in [-0.15, -0.1) is 0 Å². The first kappa shape index (κ1) is 30.4. The van der Waals surface area contributed by atoms with Gasteiger partial charge in [-0.25, -0.2) is 0 Å². The molecule has 3 saturated heterocycles. The molecule has 3 aliphatic heterocycles. The number of allylic oxidation sites excluding steroid dienone is 1. The molecule has 4 aliphatic carbocycles. The molecule has 0 amide bonds. The van der Waals surface area contributed by atoms with Gasteiger partial charge in [0.25, 0.3) is 0 Å². The van der Waals surface area contributed by atoms with Crippen LogP contribution in [0.2, 0.25) is 0 Å². The molecule has 0 aromatic rings. The van der Waals surface area contributed by atoms with Crippen molar-refractivity contribution in [1.29, 1.82) is 0 Å². The second-order valence-electron chi connectivity index (χ2n) is 16.4. The van der Waals surface area contributed by atoms with E-state index in [0.29, 0.717) is 30.5 Å². The molecule has 43 heavy (non-hydrogen) atoms. The van der Waals surface area contributed by atoms with Crippen molar-refractivity contribution in [3.63, 3.8) is 0 Å². The van der Waals surface area contributed by atoms with E-state index in [1.54, 1.807) is 0 Å². The minimum absolute atomic E-state index is 0.0930. The molecule has 7 heteroatoms. The number of carboxylic acid groups (broad SMARTS) is 1. The predicted octanol–water partition coefficient (Wildman–Crippen LogP) is 5.28. The molecule has 0 aromatic heterocycles. The summed E-state index contributed by atoms with van der Waals surface area (Å²) in [5.41, 5.74) is -1.41. The number of aldehydes is 1. The fourth-order valence-electron chi connectivity index (χ4n) is 12.5. The van der Waals surface area contributed by atoms with E-state index in [4.69, 9.17) is 9.47 Å². The lowest BCUT2D eigenvalue weighted by Crippen LogP contribution is -2.65. The van der Waals surface area contributed by atoms with E-state index in [1.807, 2.05) is 0 Å². The topological polar surface area (TPSA) is 79.3 Å². The third-order valence-corrected chi connectivity index (χ3v) is 13.9. The Morgan fingerprint density at radius 3 is 2.35 bits per heavy atom. The molecule has 11 atom stereocenters. The van der Waals surface area contributed by atoms with Gasteiger partial charge in [-0.3, -0.25) is 9.69 Å². The quantitative estimate of drug-likeness (QED) is 0.302. The highest BCUT2D eigenvalue weighted by atomic mass is 16.5. The number of hydrogen-bond donors (Lipinski definition) is 1. The summed E-state index contributed by atoms with van der Waals surface area (Å²) in [6.45, 7) is 17.4. The number of nitrogens with zero attached hydrogens (tertiary/aromatic N) is 2. The number of ether oxygens (including phenoxy) is 2. The Morgan fingerprint density at radius 2 is 1.70 bits per heavy atom. The summed E-state index contributed by atoms with van der Waals surface area (Å²) >= 11 is 0. The van der Waals surface area contributed by atoms with Crippen molar-refractivity contribution < 1.29 is 24.2 Å². The zero-order valence-electron chi connectivity index (χ0n) is 27.3. The number of hydrogen-bond acceptors (Lipinski definition) is 6. The summed E-state index contributed by atoms with van der Waals surface area (Å²) in [6.07, 6.45) is 12.2. The lowest BCUT2D eigenvalue weighted by molar-refractivity contribution is -0.197. The molecule has 0 spiro atoms. The van der Waals surface area contributed by atoms with Crippen LogP contribution in [0.15, 0.2) is 11.6 Å². The molecular weight excluding hydrogens is 540 g/mol. The number of piperidine rings is 1. The Morgan fingerprint density at radius 1 is 0.977 bits per heavy atom. The fourth-order valence-corrected chi connectivity index (χ4v) is 12.5. The summed E-state index contributed by atoms with van der Waals surface area (Å²) in [5, 5.41) is 11.3. The van der Waals surface area contributed by atoms with Gasteiger partial charge in [-0.1, -0.05) is 38.8 Å². The minimum atomic E-state index is -1.13. The van der Waals surface area contributed by atoms with Crippen molar-refractivity contribution >= 4 is 12.3 Å². The maximum atomic E-state index is 13.8. The monoisotopic (exact) mass is 596 g/mol. The van der Waals surface area contributed by atoms with Crippen LogP contribution < -0.4 is 0 Å². The Hall–Kier alpha value is -1.28. The fraction of sp³-hybridized carbons (Fsp3) is 0.889. The van der Waals surface area contributed by atoms with Crippen LogP contribution in [-0.4, -0.2) is 90.8 Å². The lowest BCUT2D eigenvalue weighted by Gasteiger charge is -2.60. The highest BCUT2D eigenvalue weighted by Crippen LogP contribution is 2.84. The van der Waals surface area contributed by atoms with E-state index in [0.717, 1.165) is 82.6 Å². The van der Waals surface area contributed by atoms with Gasteiger partial charge in [-0.2, -0.15) is 0 Å². The minimum Gasteiger partial charge on any atom is -0.481 e. The van der Waals surface area contributed by atoms with E-state index in [9.17, 15) is 14.7 Å². The van der Waals surface area contributed by atoms with Gasteiger partial charge in [0.2, 0.25) is 0 Å². The first-order chi connectivity index (χ1) is 20.6. The molecule has 8 unspecified atom stereocenters. The van der Waals surface area contributed by atoms with E-state index >= 15 is 0 Å². The van der Waals surface area contributed by atoms with Crippen LogP contribution >= 0.6 is 0 Å². The summed E-state index contributed by atoms with van der Waals surface area (Å²) in [6, 6.07) is 0. The first-order valence-corrected chi connectivity index (χ1v) is 17.7. The van der Waals surface area contributed by atoms with Crippen LogP contribution in [0.1, 0.15) is 86.0 Å². The van der Waals surface area contributed by atoms with Crippen molar-refractivity contribution in [3.05, 3.63) is 11.6 Å². The predicted molar refractivity (Wildman–Crippen MR) is 166 cm³/mol. The third-order valence-electron chi connectivity index (χ3n) is 13.9. The molecule has 3 heterocycles. The molecule has 7 nitrogen and oxygen atoms in total. The average molecular weight is 597 g/mol. The number of carbonyl (C=O) groups is 2. The summed E-state index contributed by atoms with van der Waals surface area (Å²) < 4.78 is 13.0. The zero-order chi connectivity index (χ0) is 30.3. The van der Waals surface area contributed by atoms with Crippen molar-refractivity contribution in [3.8, 4) is 0 Å². The normalized spacial score (nSPS) is 48.6. The van der Waals surface area contributed by atoms with Crippen LogP contribution in [0.5, 0.6) is 0 Å². The third kappa shape index (κ3) is 4.26. The van der Waals surface area contributed by atoms with E-state index in [-0.39, 0.29) is 30.0 Å². The lowest BCUT2D eigenvalue weighted by atomic mass is 9.41. The number of aliphatic carboxylic acids is 1. The van der Waals surface area contributed by atoms with Crippen molar-refractivity contribution in [2.24, 2.45) is 51.8 Å². The highest BCUT2D eigenvalue weighted by molar-refractivity contribution is 5.90. The van der Waals surface area contributed by atoms with Gasteiger partial charge in [0.1, 0.15) is 11.7 Å². The SMILES string of the molecule is CC1CN(CC2CCN(CC3CCC(C45C[C@@H]6[C@H](C)CC[C@H]6C6(C=O)CC4C=C(C(C)C)C56C(=O)O)O3)CC2)CC(C)O1. The molecule has 4 bridgehead atoms. The van der Waals surface area contributed by atoms with E-state index in [1.165, 1.54) is 19.4 Å². The van der Waals surface area contributed by atoms with Crippen LogP contribution in [0.4, 0.5) is 0 Å². The maximum Gasteiger partial charge on any atom is 0.315 e. The Balaban J connectivity index is 1.07. The van der Waals surface area contributed by atoms with Crippen molar-refractivity contribution in [1.82, 2.24) is 9.80 Å². The number of carbonyl (C=O) groups excluding carboxylic acids is 1. The maximum absolute atomic E-state index is 13.8. The summed E-state index contributed by atoms with van der Waals surface area (Å²) in [7, 11) is 0. The van der Waals surface area contributed by atoms with Crippen LogP contribution in [0, 0.1) is 51.8 Å². The largest absolute Gasteiger partial charge is 0.481 e. The second-order valence-corrected chi connectivity index (χ2v) is 16.4. The summed E-state index contributed by atoms with van der Waals surface area (Å²) in [4.78, 5) is 32.4. The number of carboxylic acids is 1. The molecule has 0 radical (unpaired) electrons. The van der Waals surface area contributed by atoms with Crippen molar-refractivity contribution in [2.45, 2.75) is 110 Å². The van der Waals surface area contributed by atoms with Gasteiger partial charge in [0.15, 0.2) is 0 Å². The standard InChI is InChI=1S/C36H56N2O5/c1-22(2)31-14-27-15-34(21-39)30-8-6-23(3)29(30)16-35(27,36(31,34)33(40)41)32-9-7-28(43-32)20-37-12-10-26(11-13-37)19-38-17-24(4)42-25(5)18-38/h14,21-30,32H,6-13,15-20H2,1-5H3,(H,40,41)/t23-,24?,25?,27?,28?,29-,30-,32?,34?,35?,36?/m1/s1.